The lowest BCUT2D eigenvalue weighted by Gasteiger charge is -2.28. The first-order valence-electron chi connectivity index (χ1n) is 24.7. The molecule has 0 saturated heterocycles. The van der Waals surface area contributed by atoms with Crippen LogP contribution in [0.25, 0.3) is 61.2 Å². The van der Waals surface area contributed by atoms with Gasteiger partial charge in [0, 0.05) is 34.8 Å². The van der Waals surface area contributed by atoms with Gasteiger partial charge in [-0.05, 0) is 181 Å². The average Bonchev–Trinajstić information content (AvgIpc) is 4.05. The van der Waals surface area contributed by atoms with Gasteiger partial charge in [0.25, 0.3) is 0 Å². The van der Waals surface area contributed by atoms with Crippen LogP contribution >= 0.6 is 0 Å². The number of allylic oxidation sites excluding steroid dienone is 8. The Morgan fingerprint density at radius 3 is 2.01 bits per heavy atom. The maximum Gasteiger partial charge on any atom is 0.0461 e. The zero-order valence-electron chi connectivity index (χ0n) is 40.8. The second-order valence-electron chi connectivity index (χ2n) is 19.8. The van der Waals surface area contributed by atoms with Gasteiger partial charge in [-0.2, -0.15) is 0 Å². The molecule has 1 heteroatoms. The molecule has 0 aromatic heterocycles. The van der Waals surface area contributed by atoms with Crippen molar-refractivity contribution in [3.8, 4) is 44.5 Å². The van der Waals surface area contributed by atoms with Crippen LogP contribution < -0.4 is 4.90 Å². The van der Waals surface area contributed by atoms with E-state index < -0.39 is 0 Å². The Kier molecular flexibility index (Phi) is 11.3. The van der Waals surface area contributed by atoms with Crippen LogP contribution in [0.15, 0.2) is 219 Å². The average molecular weight is 890 g/mol. The number of hydrogen-bond acceptors (Lipinski definition) is 1. The van der Waals surface area contributed by atoms with Gasteiger partial charge in [-0.15, -0.1) is 0 Å². The van der Waals surface area contributed by atoms with Crippen LogP contribution in [0.4, 0.5) is 11.4 Å². The van der Waals surface area contributed by atoms with Crippen molar-refractivity contribution >= 4 is 28.1 Å². The van der Waals surface area contributed by atoms with E-state index in [0.717, 1.165) is 24.1 Å². The van der Waals surface area contributed by atoms with E-state index >= 15 is 0 Å². The molecule has 8 aromatic carbocycles. The molecule has 69 heavy (non-hydrogen) atoms. The SMILES string of the molecule is C=C(/C=C\C=C(/C)c1ccccc1C)c1cccc(-c2ccc3c(c2)C(CC)c2cc(N(C4=CC=C(c5ccccc5)C4)c4ccc(-c5ccc6c(c5)C(C)(C)c5ccccc5-6)cc4)ccc2-3)c1C. The van der Waals surface area contributed by atoms with Crippen molar-refractivity contribution < 1.29 is 0 Å². The fourth-order valence-electron chi connectivity index (χ4n) is 11.6. The fraction of sp³-hybridized carbons (Fsp3) is 0.147. The topological polar surface area (TPSA) is 3.24 Å². The first-order chi connectivity index (χ1) is 33.6. The van der Waals surface area contributed by atoms with Gasteiger partial charge < -0.3 is 4.90 Å². The third-order valence-electron chi connectivity index (χ3n) is 15.3. The van der Waals surface area contributed by atoms with Crippen LogP contribution in [0, 0.1) is 13.8 Å². The number of benzene rings is 8. The summed E-state index contributed by atoms with van der Waals surface area (Å²) in [4.78, 5) is 2.50. The molecule has 1 unspecified atom stereocenters. The predicted octanol–water partition coefficient (Wildman–Crippen LogP) is 18.6. The number of aryl methyl sites for hydroxylation is 1. The molecular weight excluding hydrogens is 831 g/mol. The summed E-state index contributed by atoms with van der Waals surface area (Å²) in [5.74, 6) is 0.287. The molecule has 0 heterocycles. The fourth-order valence-corrected chi connectivity index (χ4v) is 11.6. The van der Waals surface area contributed by atoms with Crippen LogP contribution in [0.2, 0.25) is 0 Å². The van der Waals surface area contributed by atoms with Crippen molar-refractivity contribution in [2.45, 2.75) is 65.7 Å². The molecule has 0 fully saturated rings. The molecular formula is C68H59N. The highest BCUT2D eigenvalue weighted by Gasteiger charge is 2.35. The smallest absolute Gasteiger partial charge is 0.0461 e. The summed E-state index contributed by atoms with van der Waals surface area (Å²) in [6.45, 7) is 18.2. The monoisotopic (exact) mass is 889 g/mol. The molecule has 3 aliphatic carbocycles. The van der Waals surface area contributed by atoms with Gasteiger partial charge in [0.05, 0.1) is 0 Å². The molecule has 0 aliphatic heterocycles. The van der Waals surface area contributed by atoms with Crippen LogP contribution in [0.5, 0.6) is 0 Å². The number of hydrogen-bond donors (Lipinski definition) is 0. The number of nitrogens with zero attached hydrogens (tertiary/aromatic N) is 1. The summed E-state index contributed by atoms with van der Waals surface area (Å²) >= 11 is 0. The van der Waals surface area contributed by atoms with E-state index in [1.807, 2.05) is 0 Å². The second-order valence-corrected chi connectivity index (χ2v) is 19.8. The molecule has 11 rings (SSSR count). The van der Waals surface area contributed by atoms with Crippen molar-refractivity contribution in [3.63, 3.8) is 0 Å². The summed E-state index contributed by atoms with van der Waals surface area (Å²) in [7, 11) is 0. The van der Waals surface area contributed by atoms with E-state index in [2.05, 4.69) is 259 Å². The first kappa shape index (κ1) is 43.8. The molecule has 1 nitrogen and oxygen atoms in total. The van der Waals surface area contributed by atoms with Crippen LogP contribution in [-0.2, 0) is 5.41 Å². The Balaban J connectivity index is 0.902. The van der Waals surface area contributed by atoms with E-state index in [0.29, 0.717) is 0 Å². The van der Waals surface area contributed by atoms with Gasteiger partial charge in [-0.3, -0.25) is 0 Å². The molecule has 0 N–H and O–H groups in total. The quantitative estimate of drug-likeness (QED) is 0.117. The molecule has 3 aliphatic rings. The standard InChI is InChI=1S/C68H59N/c1-8-56-64-41-52(59-26-17-25-58(47(59)5)46(4)20-16-19-45(3)57-23-13-12-18-44(57)2)32-37-60(64)61-39-36-55(43-65(56)61)69(54-35-30-50(40-54)48-21-10-9-11-22-48)53-33-28-49(29-34-53)51-31-38-63-62-24-14-15-27-66(62)68(6,7)67(63)42-51/h9-39,41-43,56H,4,8,40H2,1-3,5-7H3/b20-16-,45-19+. The van der Waals surface area contributed by atoms with Crippen LogP contribution in [0.3, 0.4) is 0 Å². The van der Waals surface area contributed by atoms with Gasteiger partial charge >= 0.3 is 0 Å². The largest absolute Gasteiger partial charge is 0.314 e. The van der Waals surface area contributed by atoms with Crippen LogP contribution in [0.1, 0.15) is 96.5 Å². The third kappa shape index (κ3) is 7.77. The summed E-state index contributed by atoms with van der Waals surface area (Å²) in [5.41, 5.74) is 29.4. The van der Waals surface area contributed by atoms with Crippen LogP contribution in [-0.4, -0.2) is 0 Å². The minimum Gasteiger partial charge on any atom is -0.314 e. The number of anilines is 2. The highest BCUT2D eigenvalue weighted by atomic mass is 15.1. The summed E-state index contributed by atoms with van der Waals surface area (Å²) in [6.07, 6.45) is 13.0. The maximum atomic E-state index is 4.52. The highest BCUT2D eigenvalue weighted by Crippen LogP contribution is 2.52. The zero-order valence-corrected chi connectivity index (χ0v) is 40.8. The van der Waals surface area contributed by atoms with Gasteiger partial charge in [0.15, 0.2) is 0 Å². The predicted molar refractivity (Wildman–Crippen MR) is 296 cm³/mol. The van der Waals surface area contributed by atoms with Crippen molar-refractivity contribution in [2.24, 2.45) is 0 Å². The van der Waals surface area contributed by atoms with Gasteiger partial charge in [0.2, 0.25) is 0 Å². The molecule has 0 saturated carbocycles. The van der Waals surface area contributed by atoms with Gasteiger partial charge in [-0.1, -0.05) is 191 Å². The lowest BCUT2D eigenvalue weighted by atomic mass is 9.81. The summed E-state index contributed by atoms with van der Waals surface area (Å²) < 4.78 is 0. The molecule has 336 valence electrons. The minimum atomic E-state index is -0.0422. The molecule has 0 radical (unpaired) electrons. The number of rotatable bonds is 11. The Morgan fingerprint density at radius 2 is 1.22 bits per heavy atom. The Morgan fingerprint density at radius 1 is 0.580 bits per heavy atom. The van der Waals surface area contributed by atoms with Crippen molar-refractivity contribution in [2.75, 3.05) is 4.90 Å². The van der Waals surface area contributed by atoms with Crippen molar-refractivity contribution in [1.82, 2.24) is 0 Å². The maximum absolute atomic E-state index is 4.52. The minimum absolute atomic E-state index is 0.0422. The zero-order chi connectivity index (χ0) is 47.4. The lowest BCUT2D eigenvalue weighted by Crippen LogP contribution is -2.16. The number of fused-ring (bicyclic) bond motifs is 6. The van der Waals surface area contributed by atoms with E-state index in [9.17, 15) is 0 Å². The molecule has 0 spiro atoms. The Labute approximate surface area is 409 Å². The molecule has 1 atom stereocenters. The van der Waals surface area contributed by atoms with Crippen molar-refractivity contribution in [1.29, 1.82) is 0 Å². The normalized spacial score (nSPS) is 15.3. The Bertz CT molecular complexity index is 3460. The first-order valence-corrected chi connectivity index (χ1v) is 24.7. The molecule has 0 amide bonds. The van der Waals surface area contributed by atoms with Gasteiger partial charge in [0.1, 0.15) is 0 Å². The van der Waals surface area contributed by atoms with E-state index in [4.69, 9.17) is 0 Å². The second kappa shape index (κ2) is 17.7. The molecule has 8 aromatic rings. The van der Waals surface area contributed by atoms with Crippen molar-refractivity contribution in [3.05, 3.63) is 269 Å². The highest BCUT2D eigenvalue weighted by molar-refractivity contribution is 5.89. The van der Waals surface area contributed by atoms with E-state index in [1.165, 1.54) is 117 Å². The third-order valence-corrected chi connectivity index (χ3v) is 15.3. The van der Waals surface area contributed by atoms with Gasteiger partial charge in [-0.25, -0.2) is 0 Å². The lowest BCUT2D eigenvalue weighted by molar-refractivity contribution is 0.660. The van der Waals surface area contributed by atoms with E-state index in [-0.39, 0.29) is 11.3 Å². The Hall–Kier alpha value is -7.74. The summed E-state index contributed by atoms with van der Waals surface area (Å²) in [5, 5.41) is 0. The molecule has 0 bridgehead atoms. The van der Waals surface area contributed by atoms with E-state index in [1.54, 1.807) is 0 Å². The summed E-state index contributed by atoms with van der Waals surface area (Å²) in [6, 6.07) is 65.6.